The molecule has 2 heterocycles. The summed E-state index contributed by atoms with van der Waals surface area (Å²) < 4.78 is 7.36. The number of hydrogen-bond acceptors (Lipinski definition) is 4. The smallest absolute Gasteiger partial charge is 0.275 e. The van der Waals surface area contributed by atoms with Crippen molar-refractivity contribution in [1.82, 2.24) is 9.55 Å². The quantitative estimate of drug-likeness (QED) is 0.800. The number of hydrogen-bond donors (Lipinski definition) is 2. The number of ether oxygens (including phenoxy) is 1. The third-order valence-electron chi connectivity index (χ3n) is 5.34. The highest BCUT2D eigenvalue weighted by molar-refractivity contribution is 6.31. The standard InChI is InChI=1S/C20H25ClN4O2/c21-15-6-7-16(22-11-14-4-2-1-3-5-14)17(10-15)24-20(26)18-12-25-8-9-27-13-19(25)23-18/h6-7,10,12,14,22H,1-5,8-9,11,13H2,(H,24,26). The van der Waals surface area contributed by atoms with Crippen molar-refractivity contribution < 1.29 is 9.53 Å². The van der Waals surface area contributed by atoms with E-state index >= 15 is 0 Å². The van der Waals surface area contributed by atoms with Crippen molar-refractivity contribution in [2.45, 2.75) is 45.3 Å². The Labute approximate surface area is 164 Å². The Bertz CT molecular complexity index is 791. The van der Waals surface area contributed by atoms with Crippen molar-refractivity contribution in [3.63, 3.8) is 0 Å². The normalized spacial score (nSPS) is 17.4. The van der Waals surface area contributed by atoms with E-state index < -0.39 is 0 Å². The lowest BCUT2D eigenvalue weighted by atomic mass is 9.89. The minimum absolute atomic E-state index is 0.236. The van der Waals surface area contributed by atoms with Crippen molar-refractivity contribution >= 4 is 28.9 Å². The summed E-state index contributed by atoms with van der Waals surface area (Å²) >= 11 is 6.16. The first-order valence-corrected chi connectivity index (χ1v) is 10.1. The summed E-state index contributed by atoms with van der Waals surface area (Å²) in [5.74, 6) is 1.24. The molecule has 144 valence electrons. The Hall–Kier alpha value is -2.05. The lowest BCUT2D eigenvalue weighted by Crippen LogP contribution is -2.19. The average molecular weight is 389 g/mol. The number of fused-ring (bicyclic) bond motifs is 1. The molecule has 0 bridgehead atoms. The van der Waals surface area contributed by atoms with E-state index in [2.05, 4.69) is 15.6 Å². The summed E-state index contributed by atoms with van der Waals surface area (Å²) in [6.45, 7) is 2.73. The van der Waals surface area contributed by atoms with Crippen LogP contribution >= 0.6 is 11.6 Å². The maximum absolute atomic E-state index is 12.7. The fraction of sp³-hybridized carbons (Fsp3) is 0.500. The Kier molecular flexibility index (Phi) is 5.64. The van der Waals surface area contributed by atoms with Gasteiger partial charge >= 0.3 is 0 Å². The van der Waals surface area contributed by atoms with Gasteiger partial charge in [-0.15, -0.1) is 0 Å². The van der Waals surface area contributed by atoms with Crippen molar-refractivity contribution in [3.05, 3.63) is 40.9 Å². The van der Waals surface area contributed by atoms with Crippen LogP contribution in [0.25, 0.3) is 0 Å². The van der Waals surface area contributed by atoms with Crippen LogP contribution in [0.15, 0.2) is 24.4 Å². The van der Waals surface area contributed by atoms with Crippen molar-refractivity contribution in [3.8, 4) is 0 Å². The molecule has 1 aromatic heterocycles. The molecule has 0 spiro atoms. The molecule has 1 amide bonds. The minimum atomic E-state index is -0.236. The molecule has 27 heavy (non-hydrogen) atoms. The average Bonchev–Trinajstić information content (AvgIpc) is 3.13. The number of halogens is 1. The van der Waals surface area contributed by atoms with E-state index in [4.69, 9.17) is 16.3 Å². The van der Waals surface area contributed by atoms with Crippen LogP contribution < -0.4 is 10.6 Å². The number of anilines is 2. The van der Waals surface area contributed by atoms with Crippen molar-refractivity contribution in [1.29, 1.82) is 0 Å². The maximum atomic E-state index is 12.7. The predicted octanol–water partition coefficient (Wildman–Crippen LogP) is 4.31. The molecule has 0 radical (unpaired) electrons. The van der Waals surface area contributed by atoms with Gasteiger partial charge in [0.2, 0.25) is 0 Å². The molecule has 0 atom stereocenters. The van der Waals surface area contributed by atoms with Gasteiger partial charge in [-0.1, -0.05) is 30.9 Å². The van der Waals surface area contributed by atoms with E-state index in [1.54, 1.807) is 12.3 Å². The highest BCUT2D eigenvalue weighted by atomic mass is 35.5. The van der Waals surface area contributed by atoms with Crippen LogP contribution in [0.3, 0.4) is 0 Å². The third-order valence-corrected chi connectivity index (χ3v) is 5.57. The number of carbonyl (C=O) groups is 1. The molecule has 2 aromatic rings. The minimum Gasteiger partial charge on any atom is -0.383 e. The lowest BCUT2D eigenvalue weighted by Gasteiger charge is -2.23. The summed E-state index contributed by atoms with van der Waals surface area (Å²) in [5.41, 5.74) is 1.98. The van der Waals surface area contributed by atoms with Gasteiger partial charge in [0, 0.05) is 24.3 Å². The number of nitrogens with zero attached hydrogens (tertiary/aromatic N) is 2. The SMILES string of the molecule is O=C(Nc1cc(Cl)ccc1NCC1CCCCC1)c1cn2c(n1)COCC2. The molecule has 1 aliphatic heterocycles. The van der Waals surface area contributed by atoms with E-state index in [-0.39, 0.29) is 5.91 Å². The van der Waals surface area contributed by atoms with Gasteiger partial charge in [0.25, 0.3) is 5.91 Å². The zero-order valence-corrected chi connectivity index (χ0v) is 16.1. The first-order chi connectivity index (χ1) is 13.2. The van der Waals surface area contributed by atoms with Crippen LogP contribution in [0.5, 0.6) is 0 Å². The van der Waals surface area contributed by atoms with E-state index in [0.717, 1.165) is 24.6 Å². The van der Waals surface area contributed by atoms with Gasteiger partial charge in [-0.05, 0) is 37.0 Å². The predicted molar refractivity (Wildman–Crippen MR) is 106 cm³/mol. The zero-order chi connectivity index (χ0) is 18.6. The number of imidazole rings is 1. The monoisotopic (exact) mass is 388 g/mol. The molecule has 7 heteroatoms. The highest BCUT2D eigenvalue weighted by Gasteiger charge is 2.19. The van der Waals surface area contributed by atoms with E-state index in [9.17, 15) is 4.79 Å². The van der Waals surface area contributed by atoms with E-state index in [1.807, 2.05) is 16.7 Å². The summed E-state index contributed by atoms with van der Waals surface area (Å²) in [7, 11) is 0. The van der Waals surface area contributed by atoms with Gasteiger partial charge in [-0.25, -0.2) is 4.98 Å². The van der Waals surface area contributed by atoms with Crippen molar-refractivity contribution in [2.24, 2.45) is 5.92 Å². The molecule has 1 aliphatic carbocycles. The second-order valence-corrected chi connectivity index (χ2v) is 7.75. The molecule has 0 saturated heterocycles. The van der Waals surface area contributed by atoms with Gasteiger partial charge < -0.3 is 19.9 Å². The third kappa shape index (κ3) is 4.45. The summed E-state index contributed by atoms with van der Waals surface area (Å²) in [6.07, 6.45) is 8.29. The van der Waals surface area contributed by atoms with Gasteiger partial charge in [0.05, 0.1) is 18.0 Å². The van der Waals surface area contributed by atoms with E-state index in [1.165, 1.54) is 32.1 Å². The number of benzene rings is 1. The summed E-state index contributed by atoms with van der Waals surface area (Å²) in [6, 6.07) is 5.54. The number of aromatic nitrogens is 2. The van der Waals surface area contributed by atoms with Crippen LogP contribution in [-0.2, 0) is 17.9 Å². The highest BCUT2D eigenvalue weighted by Crippen LogP contribution is 2.29. The molecule has 2 aliphatic rings. The molecule has 1 saturated carbocycles. The Morgan fingerprint density at radius 2 is 2.11 bits per heavy atom. The van der Waals surface area contributed by atoms with Gasteiger partial charge in [-0.3, -0.25) is 4.79 Å². The van der Waals surface area contributed by atoms with Crippen LogP contribution in [0, 0.1) is 5.92 Å². The number of rotatable bonds is 5. The molecule has 0 unspecified atom stereocenters. The number of nitrogens with one attached hydrogen (secondary N) is 2. The van der Waals surface area contributed by atoms with Gasteiger partial charge in [0.1, 0.15) is 18.1 Å². The summed E-state index contributed by atoms with van der Waals surface area (Å²) in [4.78, 5) is 17.1. The Morgan fingerprint density at radius 3 is 2.93 bits per heavy atom. The fourth-order valence-electron chi connectivity index (χ4n) is 3.80. The van der Waals surface area contributed by atoms with Gasteiger partial charge in [0.15, 0.2) is 0 Å². The molecular formula is C20H25ClN4O2. The molecular weight excluding hydrogens is 364 g/mol. The Balaban J connectivity index is 1.46. The lowest BCUT2D eigenvalue weighted by molar-refractivity contribution is 0.0816. The zero-order valence-electron chi connectivity index (χ0n) is 15.3. The van der Waals surface area contributed by atoms with Crippen molar-refractivity contribution in [2.75, 3.05) is 23.8 Å². The molecule has 2 N–H and O–H groups in total. The number of amides is 1. The number of carbonyl (C=O) groups excluding carboxylic acids is 1. The van der Waals surface area contributed by atoms with Gasteiger partial charge in [-0.2, -0.15) is 0 Å². The first-order valence-electron chi connectivity index (χ1n) is 9.67. The van der Waals surface area contributed by atoms with Crippen LogP contribution in [-0.4, -0.2) is 28.6 Å². The molecule has 1 aromatic carbocycles. The van der Waals surface area contributed by atoms with Crippen LogP contribution in [0.1, 0.15) is 48.4 Å². The molecule has 1 fully saturated rings. The first kappa shape index (κ1) is 18.3. The maximum Gasteiger partial charge on any atom is 0.275 e. The van der Waals surface area contributed by atoms with Crippen LogP contribution in [0.2, 0.25) is 5.02 Å². The second kappa shape index (κ2) is 8.31. The topological polar surface area (TPSA) is 68.2 Å². The second-order valence-electron chi connectivity index (χ2n) is 7.32. The largest absolute Gasteiger partial charge is 0.383 e. The molecule has 4 rings (SSSR count). The van der Waals surface area contributed by atoms with Crippen LogP contribution in [0.4, 0.5) is 11.4 Å². The Morgan fingerprint density at radius 1 is 1.26 bits per heavy atom. The summed E-state index contributed by atoms with van der Waals surface area (Å²) in [5, 5.41) is 7.05. The molecule has 6 nitrogen and oxygen atoms in total. The van der Waals surface area contributed by atoms with E-state index in [0.29, 0.717) is 35.5 Å². The fourth-order valence-corrected chi connectivity index (χ4v) is 3.98.